The van der Waals surface area contributed by atoms with E-state index in [1.54, 1.807) is 0 Å². The van der Waals surface area contributed by atoms with E-state index in [9.17, 15) is 0 Å². The van der Waals surface area contributed by atoms with Gasteiger partial charge in [0, 0.05) is 12.1 Å². The summed E-state index contributed by atoms with van der Waals surface area (Å²) in [4.78, 5) is 4.62. The minimum atomic E-state index is 0.195. The Bertz CT molecular complexity index is 535. The first kappa shape index (κ1) is 14.4. The van der Waals surface area contributed by atoms with Gasteiger partial charge in [0.1, 0.15) is 11.6 Å². The first-order chi connectivity index (χ1) is 9.69. The van der Waals surface area contributed by atoms with Crippen LogP contribution in [-0.4, -0.2) is 17.6 Å². The first-order valence-corrected chi connectivity index (χ1v) is 7.17. The largest absolute Gasteiger partial charge is 0.491 e. The van der Waals surface area contributed by atoms with Gasteiger partial charge in [0.2, 0.25) is 0 Å². The molecule has 0 aliphatic carbocycles. The highest BCUT2D eigenvalue weighted by molar-refractivity contribution is 5.62. The van der Waals surface area contributed by atoms with Crippen molar-refractivity contribution in [3.05, 3.63) is 42.5 Å². The molecule has 0 bridgehead atoms. The quantitative estimate of drug-likeness (QED) is 0.847. The highest BCUT2D eigenvalue weighted by Gasteiger charge is 2.02. The van der Waals surface area contributed by atoms with Gasteiger partial charge in [-0.2, -0.15) is 0 Å². The number of ether oxygens (including phenoxy) is 1. The predicted molar refractivity (Wildman–Crippen MR) is 84.2 cm³/mol. The van der Waals surface area contributed by atoms with Crippen LogP contribution in [0, 0.1) is 0 Å². The van der Waals surface area contributed by atoms with E-state index in [0.29, 0.717) is 0 Å². The Hall–Kier alpha value is -2.03. The van der Waals surface area contributed by atoms with Crippen molar-refractivity contribution in [2.45, 2.75) is 33.3 Å². The third-order valence-corrected chi connectivity index (χ3v) is 2.83. The van der Waals surface area contributed by atoms with Crippen LogP contribution in [-0.2, 0) is 0 Å². The Morgan fingerprint density at radius 2 is 1.85 bits per heavy atom. The second-order valence-electron chi connectivity index (χ2n) is 5.03. The van der Waals surface area contributed by atoms with Gasteiger partial charge in [-0.05, 0) is 56.7 Å². The molecule has 0 aliphatic rings. The summed E-state index contributed by atoms with van der Waals surface area (Å²) in [5, 5.41) is 3.31. The van der Waals surface area contributed by atoms with Crippen LogP contribution < -0.4 is 10.1 Å². The summed E-state index contributed by atoms with van der Waals surface area (Å²) in [7, 11) is 0. The lowest BCUT2D eigenvalue weighted by Gasteiger charge is -2.10. The van der Waals surface area contributed by atoms with Crippen LogP contribution in [0.1, 0.15) is 27.2 Å². The first-order valence-electron chi connectivity index (χ1n) is 7.17. The molecule has 20 heavy (non-hydrogen) atoms. The Balaban J connectivity index is 2.14. The maximum Gasteiger partial charge on any atom is 0.126 e. The lowest BCUT2D eigenvalue weighted by Crippen LogP contribution is -2.05. The zero-order valence-electron chi connectivity index (χ0n) is 12.4. The summed E-state index contributed by atoms with van der Waals surface area (Å²) in [5.41, 5.74) is 2.07. The van der Waals surface area contributed by atoms with Crippen LogP contribution in [0.25, 0.3) is 11.3 Å². The molecule has 1 aromatic carbocycles. The number of benzene rings is 1. The summed E-state index contributed by atoms with van der Waals surface area (Å²) < 4.78 is 5.65. The Morgan fingerprint density at radius 3 is 2.50 bits per heavy atom. The highest BCUT2D eigenvalue weighted by Crippen LogP contribution is 2.22. The summed E-state index contributed by atoms with van der Waals surface area (Å²) in [6.45, 7) is 7.14. The van der Waals surface area contributed by atoms with Crippen molar-refractivity contribution in [2.24, 2.45) is 0 Å². The fourth-order valence-corrected chi connectivity index (χ4v) is 1.92. The fraction of sp³-hybridized carbons (Fsp3) is 0.353. The van der Waals surface area contributed by atoms with E-state index in [0.717, 1.165) is 35.8 Å². The van der Waals surface area contributed by atoms with Crippen LogP contribution in [0.15, 0.2) is 42.5 Å². The summed E-state index contributed by atoms with van der Waals surface area (Å²) in [6.07, 6.45) is 1.29. The molecule has 0 amide bonds. The van der Waals surface area contributed by atoms with Crippen LogP contribution in [0.3, 0.4) is 0 Å². The second-order valence-corrected chi connectivity index (χ2v) is 5.03. The van der Waals surface area contributed by atoms with Crippen molar-refractivity contribution >= 4 is 5.82 Å². The molecule has 0 saturated carbocycles. The maximum absolute atomic E-state index is 5.65. The molecule has 2 aromatic rings. The summed E-state index contributed by atoms with van der Waals surface area (Å²) >= 11 is 0. The standard InChI is InChI=1S/C17H22N2O/c1-4-12-18-17-7-5-6-16(19-17)14-8-10-15(11-9-14)20-13(2)3/h5-11,13H,4,12H2,1-3H3,(H,18,19). The lowest BCUT2D eigenvalue weighted by molar-refractivity contribution is 0.242. The number of hydrogen-bond donors (Lipinski definition) is 1. The summed E-state index contributed by atoms with van der Waals surface area (Å²) in [5.74, 6) is 1.82. The van der Waals surface area contributed by atoms with Crippen LogP contribution in [0.5, 0.6) is 5.75 Å². The molecule has 1 N–H and O–H groups in total. The molecular formula is C17H22N2O. The average Bonchev–Trinajstić information content (AvgIpc) is 2.45. The number of aromatic nitrogens is 1. The van der Waals surface area contributed by atoms with E-state index >= 15 is 0 Å². The van der Waals surface area contributed by atoms with Gasteiger partial charge in [0.15, 0.2) is 0 Å². The van der Waals surface area contributed by atoms with Crippen molar-refractivity contribution in [3.63, 3.8) is 0 Å². The van der Waals surface area contributed by atoms with Gasteiger partial charge < -0.3 is 10.1 Å². The molecule has 0 radical (unpaired) electrons. The van der Waals surface area contributed by atoms with Crippen molar-refractivity contribution < 1.29 is 4.74 Å². The van der Waals surface area contributed by atoms with E-state index in [1.165, 1.54) is 0 Å². The third-order valence-electron chi connectivity index (χ3n) is 2.83. The predicted octanol–water partition coefficient (Wildman–Crippen LogP) is 4.36. The van der Waals surface area contributed by atoms with E-state index in [2.05, 4.69) is 17.2 Å². The van der Waals surface area contributed by atoms with E-state index in [4.69, 9.17) is 4.74 Å². The monoisotopic (exact) mass is 270 g/mol. The molecule has 0 unspecified atom stereocenters. The second kappa shape index (κ2) is 6.94. The van der Waals surface area contributed by atoms with Gasteiger partial charge in [0.25, 0.3) is 0 Å². The van der Waals surface area contributed by atoms with Gasteiger partial charge in [-0.1, -0.05) is 13.0 Å². The molecule has 3 heteroatoms. The molecule has 0 aliphatic heterocycles. The van der Waals surface area contributed by atoms with Gasteiger partial charge in [-0.3, -0.25) is 0 Å². The molecule has 0 spiro atoms. The van der Waals surface area contributed by atoms with Crippen LogP contribution >= 0.6 is 0 Å². The average molecular weight is 270 g/mol. The Morgan fingerprint density at radius 1 is 1.10 bits per heavy atom. The Labute approximate surface area is 121 Å². The molecule has 0 fully saturated rings. The molecule has 2 rings (SSSR count). The molecule has 0 saturated heterocycles. The van der Waals surface area contributed by atoms with Crippen molar-refractivity contribution in [2.75, 3.05) is 11.9 Å². The molecule has 106 valence electrons. The maximum atomic E-state index is 5.65. The van der Waals surface area contributed by atoms with Crippen molar-refractivity contribution in [3.8, 4) is 17.0 Å². The SMILES string of the molecule is CCCNc1cccc(-c2ccc(OC(C)C)cc2)n1. The highest BCUT2D eigenvalue weighted by atomic mass is 16.5. The van der Waals surface area contributed by atoms with E-state index in [-0.39, 0.29) is 6.10 Å². The molecule has 1 heterocycles. The Kier molecular flexibility index (Phi) is 4.99. The minimum Gasteiger partial charge on any atom is -0.491 e. The third kappa shape index (κ3) is 3.98. The molecular weight excluding hydrogens is 248 g/mol. The molecule has 0 atom stereocenters. The zero-order chi connectivity index (χ0) is 14.4. The summed E-state index contributed by atoms with van der Waals surface area (Å²) in [6, 6.07) is 14.1. The number of rotatable bonds is 6. The number of anilines is 1. The van der Waals surface area contributed by atoms with Gasteiger partial charge in [0.05, 0.1) is 11.8 Å². The lowest BCUT2D eigenvalue weighted by atomic mass is 10.1. The number of pyridine rings is 1. The van der Waals surface area contributed by atoms with E-state index in [1.807, 2.05) is 56.3 Å². The number of nitrogens with one attached hydrogen (secondary N) is 1. The fourth-order valence-electron chi connectivity index (χ4n) is 1.92. The van der Waals surface area contributed by atoms with Crippen LogP contribution in [0.4, 0.5) is 5.82 Å². The van der Waals surface area contributed by atoms with Crippen molar-refractivity contribution in [1.82, 2.24) is 4.98 Å². The van der Waals surface area contributed by atoms with Gasteiger partial charge in [-0.25, -0.2) is 4.98 Å². The van der Waals surface area contributed by atoms with Gasteiger partial charge in [-0.15, -0.1) is 0 Å². The zero-order valence-corrected chi connectivity index (χ0v) is 12.4. The van der Waals surface area contributed by atoms with Crippen molar-refractivity contribution in [1.29, 1.82) is 0 Å². The smallest absolute Gasteiger partial charge is 0.126 e. The molecule has 3 nitrogen and oxygen atoms in total. The minimum absolute atomic E-state index is 0.195. The van der Waals surface area contributed by atoms with Gasteiger partial charge >= 0.3 is 0 Å². The number of nitrogens with zero attached hydrogens (tertiary/aromatic N) is 1. The van der Waals surface area contributed by atoms with Crippen LogP contribution in [0.2, 0.25) is 0 Å². The number of hydrogen-bond acceptors (Lipinski definition) is 3. The normalized spacial score (nSPS) is 10.6. The molecule has 1 aromatic heterocycles. The van der Waals surface area contributed by atoms with E-state index < -0.39 is 0 Å². The topological polar surface area (TPSA) is 34.1 Å².